The van der Waals surface area contributed by atoms with Crippen molar-refractivity contribution in [2.45, 2.75) is 11.4 Å². The highest BCUT2D eigenvalue weighted by atomic mass is 32.2. The summed E-state index contributed by atoms with van der Waals surface area (Å²) in [5.41, 5.74) is 8.87. The molecule has 0 spiro atoms. The molecular formula is C8H10N4O2S. The Balaban J connectivity index is 2.95. The van der Waals surface area contributed by atoms with Crippen molar-refractivity contribution >= 4 is 10.0 Å². The Kier molecular flexibility index (Phi) is 3.68. The van der Waals surface area contributed by atoms with E-state index in [-0.39, 0.29) is 11.4 Å². The average Bonchev–Trinajstić information content (AvgIpc) is 2.27. The first-order valence-corrected chi connectivity index (χ1v) is 5.62. The fourth-order valence-corrected chi connectivity index (χ4v) is 1.74. The fourth-order valence-electron chi connectivity index (χ4n) is 1.01. The summed E-state index contributed by atoms with van der Waals surface area (Å²) in [4.78, 5) is 2.80. The normalized spacial score (nSPS) is 10.7. The second-order valence-electron chi connectivity index (χ2n) is 2.74. The summed E-state index contributed by atoms with van der Waals surface area (Å²) >= 11 is 0. The highest BCUT2D eigenvalue weighted by Gasteiger charge is 2.09. The van der Waals surface area contributed by atoms with Gasteiger partial charge >= 0.3 is 0 Å². The lowest BCUT2D eigenvalue weighted by Crippen LogP contribution is -2.18. The van der Waals surface area contributed by atoms with E-state index in [4.69, 9.17) is 5.53 Å². The molecule has 0 radical (unpaired) electrons. The molecule has 0 atom stereocenters. The summed E-state index contributed by atoms with van der Waals surface area (Å²) in [7, 11) is -2.04. The molecule has 0 saturated carbocycles. The molecule has 1 N–H and O–H groups in total. The van der Waals surface area contributed by atoms with E-state index in [9.17, 15) is 8.42 Å². The van der Waals surface area contributed by atoms with E-state index in [0.29, 0.717) is 0 Å². The van der Waals surface area contributed by atoms with Crippen LogP contribution in [0, 0.1) is 0 Å². The van der Waals surface area contributed by atoms with Crippen LogP contribution in [0.25, 0.3) is 10.4 Å². The van der Waals surface area contributed by atoms with Crippen molar-refractivity contribution < 1.29 is 8.42 Å². The van der Waals surface area contributed by atoms with E-state index in [1.165, 1.54) is 19.2 Å². The summed E-state index contributed by atoms with van der Waals surface area (Å²) in [6.07, 6.45) is 0. The van der Waals surface area contributed by atoms with Crippen LogP contribution in [0.2, 0.25) is 0 Å². The highest BCUT2D eigenvalue weighted by molar-refractivity contribution is 7.89. The largest absolute Gasteiger partial charge is 0.240 e. The fraction of sp³-hybridized carbons (Fsp3) is 0.250. The third-order valence-corrected chi connectivity index (χ3v) is 3.25. The van der Waals surface area contributed by atoms with Crippen LogP contribution in [0.1, 0.15) is 5.56 Å². The van der Waals surface area contributed by atoms with Crippen molar-refractivity contribution in [3.63, 3.8) is 0 Å². The third kappa shape index (κ3) is 2.95. The van der Waals surface area contributed by atoms with Crippen LogP contribution in [-0.4, -0.2) is 15.5 Å². The number of hydrogen-bond donors (Lipinski definition) is 1. The second kappa shape index (κ2) is 4.79. The zero-order valence-corrected chi connectivity index (χ0v) is 8.90. The summed E-state index contributed by atoms with van der Waals surface area (Å²) in [6.45, 7) is 0.219. The molecule has 6 nitrogen and oxygen atoms in total. The topological polar surface area (TPSA) is 94.9 Å². The lowest BCUT2D eigenvalue weighted by molar-refractivity contribution is 0.588. The summed E-state index contributed by atoms with van der Waals surface area (Å²) in [5.74, 6) is 0. The zero-order valence-electron chi connectivity index (χ0n) is 8.08. The molecule has 7 heteroatoms. The van der Waals surface area contributed by atoms with Gasteiger partial charge in [-0.15, -0.1) is 0 Å². The monoisotopic (exact) mass is 226 g/mol. The van der Waals surface area contributed by atoms with Gasteiger partial charge in [0.1, 0.15) is 0 Å². The number of nitrogens with zero attached hydrogens (tertiary/aromatic N) is 3. The van der Waals surface area contributed by atoms with E-state index < -0.39 is 10.0 Å². The van der Waals surface area contributed by atoms with E-state index in [0.717, 1.165) is 5.56 Å². The Labute approximate surface area is 87.6 Å². The van der Waals surface area contributed by atoms with Crippen molar-refractivity contribution in [3.05, 3.63) is 40.3 Å². The van der Waals surface area contributed by atoms with Gasteiger partial charge in [0.05, 0.1) is 11.4 Å². The average molecular weight is 226 g/mol. The zero-order chi connectivity index (χ0) is 11.3. The van der Waals surface area contributed by atoms with Gasteiger partial charge in [-0.3, -0.25) is 0 Å². The van der Waals surface area contributed by atoms with Crippen molar-refractivity contribution in [1.29, 1.82) is 0 Å². The lowest BCUT2D eigenvalue weighted by Gasteiger charge is -2.02. The maximum Gasteiger partial charge on any atom is 0.240 e. The van der Waals surface area contributed by atoms with E-state index in [1.807, 2.05) is 0 Å². The number of azide groups is 1. The van der Waals surface area contributed by atoms with Crippen LogP contribution >= 0.6 is 0 Å². The quantitative estimate of drug-likeness (QED) is 0.477. The van der Waals surface area contributed by atoms with Crippen molar-refractivity contribution in [3.8, 4) is 0 Å². The van der Waals surface area contributed by atoms with Gasteiger partial charge in [-0.05, 0) is 30.3 Å². The number of hydrogen-bond acceptors (Lipinski definition) is 3. The van der Waals surface area contributed by atoms with Crippen molar-refractivity contribution in [2.24, 2.45) is 5.11 Å². The molecule has 1 aromatic carbocycles. The predicted octanol–water partition coefficient (Wildman–Crippen LogP) is 1.40. The Morgan fingerprint density at radius 1 is 1.40 bits per heavy atom. The Bertz CT molecular complexity index is 474. The molecule has 0 aliphatic rings. The molecule has 0 aromatic heterocycles. The van der Waals surface area contributed by atoms with Gasteiger partial charge in [0.15, 0.2) is 0 Å². The van der Waals surface area contributed by atoms with Crippen molar-refractivity contribution in [1.82, 2.24) is 4.72 Å². The minimum Gasteiger partial charge on any atom is -0.214 e. The molecule has 0 saturated heterocycles. The van der Waals surface area contributed by atoms with Crippen LogP contribution < -0.4 is 4.72 Å². The Morgan fingerprint density at radius 2 is 2.00 bits per heavy atom. The molecule has 15 heavy (non-hydrogen) atoms. The molecule has 0 aliphatic carbocycles. The standard InChI is InChI=1S/C8H10N4O2S/c1-10-15(13,14)8-4-2-7(3-5-8)6-11-12-9/h2-5,10H,6H2,1H3. The van der Waals surface area contributed by atoms with Gasteiger partial charge < -0.3 is 0 Å². The molecular weight excluding hydrogens is 216 g/mol. The molecule has 0 fully saturated rings. The van der Waals surface area contributed by atoms with Crippen LogP contribution in [-0.2, 0) is 16.6 Å². The van der Waals surface area contributed by atoms with E-state index in [1.54, 1.807) is 12.1 Å². The van der Waals surface area contributed by atoms with Crippen LogP contribution in [0.3, 0.4) is 0 Å². The molecule has 1 rings (SSSR count). The smallest absolute Gasteiger partial charge is 0.214 e. The maximum atomic E-state index is 11.3. The predicted molar refractivity (Wildman–Crippen MR) is 55.5 cm³/mol. The van der Waals surface area contributed by atoms with E-state index >= 15 is 0 Å². The number of rotatable bonds is 4. The number of nitrogens with one attached hydrogen (secondary N) is 1. The molecule has 0 heterocycles. The minimum absolute atomic E-state index is 0.190. The van der Waals surface area contributed by atoms with E-state index in [2.05, 4.69) is 14.7 Å². The van der Waals surface area contributed by atoms with Crippen LogP contribution in [0.5, 0.6) is 0 Å². The third-order valence-electron chi connectivity index (χ3n) is 1.82. The van der Waals surface area contributed by atoms with Gasteiger partial charge in [-0.1, -0.05) is 17.2 Å². The summed E-state index contributed by atoms with van der Waals surface area (Å²) in [6, 6.07) is 6.15. The molecule has 0 amide bonds. The van der Waals surface area contributed by atoms with Crippen LogP contribution in [0.15, 0.2) is 34.3 Å². The second-order valence-corrected chi connectivity index (χ2v) is 4.63. The Hall–Kier alpha value is -1.56. The van der Waals surface area contributed by atoms with Gasteiger partial charge in [-0.25, -0.2) is 13.1 Å². The first kappa shape index (κ1) is 11.5. The number of benzene rings is 1. The lowest BCUT2D eigenvalue weighted by atomic mass is 10.2. The molecule has 0 bridgehead atoms. The van der Waals surface area contributed by atoms with Crippen LogP contribution in [0.4, 0.5) is 0 Å². The van der Waals surface area contributed by atoms with Gasteiger partial charge in [-0.2, -0.15) is 0 Å². The molecule has 1 aromatic rings. The maximum absolute atomic E-state index is 11.3. The molecule has 0 aliphatic heterocycles. The van der Waals surface area contributed by atoms with Gasteiger partial charge in [0.2, 0.25) is 10.0 Å². The molecule has 80 valence electrons. The van der Waals surface area contributed by atoms with Crippen molar-refractivity contribution in [2.75, 3.05) is 7.05 Å². The first-order valence-electron chi connectivity index (χ1n) is 4.13. The highest BCUT2D eigenvalue weighted by Crippen LogP contribution is 2.10. The summed E-state index contributed by atoms with van der Waals surface area (Å²) < 4.78 is 24.9. The minimum atomic E-state index is -3.39. The first-order chi connectivity index (χ1) is 7.10. The molecule has 0 unspecified atom stereocenters. The van der Waals surface area contributed by atoms with Gasteiger partial charge in [0.25, 0.3) is 0 Å². The summed E-state index contributed by atoms with van der Waals surface area (Å²) in [5, 5.41) is 3.37. The van der Waals surface area contributed by atoms with Gasteiger partial charge in [0, 0.05) is 4.91 Å². The Morgan fingerprint density at radius 3 is 2.47 bits per heavy atom. The number of sulfonamides is 1. The SMILES string of the molecule is CNS(=O)(=O)c1ccc(CN=[N+]=[N-])cc1.